The Balaban J connectivity index is 3.73. The number of allylic oxidation sites excluding steroid dienone is 8. The largest absolute Gasteiger partial charge is 0.394 e. The van der Waals surface area contributed by atoms with Crippen molar-refractivity contribution in [3.63, 3.8) is 0 Å². The summed E-state index contributed by atoms with van der Waals surface area (Å²) in [7, 11) is 0. The molecule has 6 heteroatoms. The average Bonchev–Trinajstić information content (AvgIpc) is 3.28. The fourth-order valence-corrected chi connectivity index (χ4v) is 8.20. The molecule has 0 radical (unpaired) electrons. The number of nitrogens with one attached hydrogen (secondary N) is 1. The van der Waals surface area contributed by atoms with Gasteiger partial charge in [-0.25, -0.2) is 0 Å². The second-order valence-corrected chi connectivity index (χ2v) is 18.5. The molecule has 1 amide bonds. The smallest absolute Gasteiger partial charge is 0.249 e. The maximum absolute atomic E-state index is 12.6. The molecule has 0 aromatic carbocycles. The molecule has 62 heavy (non-hydrogen) atoms. The van der Waals surface area contributed by atoms with Crippen molar-refractivity contribution >= 4 is 5.91 Å². The van der Waals surface area contributed by atoms with Gasteiger partial charge in [-0.05, 0) is 89.9 Å². The van der Waals surface area contributed by atoms with E-state index in [1.807, 2.05) is 0 Å². The zero-order valence-corrected chi connectivity index (χ0v) is 41.1. The van der Waals surface area contributed by atoms with Gasteiger partial charge >= 0.3 is 0 Å². The number of aliphatic hydroxyl groups excluding tert-OH is 4. The first-order chi connectivity index (χ1) is 30.5. The zero-order valence-electron chi connectivity index (χ0n) is 41.1. The summed E-state index contributed by atoms with van der Waals surface area (Å²) in [4.78, 5) is 12.6. The number of rotatable bonds is 49. The van der Waals surface area contributed by atoms with Crippen LogP contribution in [0.25, 0.3) is 0 Å². The Hall–Kier alpha value is -1.73. The standard InChI is InChI=1S/C56H105NO5/c1-3-5-7-9-11-13-15-17-19-21-23-25-26-27-28-30-32-34-36-38-40-42-44-46-48-50-54(60)56(62)57-52(51-58)55(61)53(59)49-47-45-43-41-39-37-35-33-31-29-24-22-20-18-16-14-12-10-8-6-4-2/h22,24,27-28,33,35,41,43,52-55,58-61H,3-21,23,25-26,29-32,34,36-40,42,44-51H2,1-2H3,(H,57,62)/b24-22+,28-27-,35-33+,43-41+. The molecule has 0 aromatic rings. The quantitative estimate of drug-likeness (QED) is 0.0309. The lowest BCUT2D eigenvalue weighted by molar-refractivity contribution is -0.132. The highest BCUT2D eigenvalue weighted by molar-refractivity contribution is 5.80. The minimum Gasteiger partial charge on any atom is -0.394 e. The summed E-state index contributed by atoms with van der Waals surface area (Å²) in [6.45, 7) is 4.05. The summed E-state index contributed by atoms with van der Waals surface area (Å²) in [5, 5.41) is 43.9. The lowest BCUT2D eigenvalue weighted by atomic mass is 10.00. The van der Waals surface area contributed by atoms with Crippen LogP contribution < -0.4 is 5.32 Å². The van der Waals surface area contributed by atoms with Gasteiger partial charge < -0.3 is 25.7 Å². The minimum absolute atomic E-state index is 0.356. The van der Waals surface area contributed by atoms with E-state index in [0.29, 0.717) is 19.3 Å². The lowest BCUT2D eigenvalue weighted by Gasteiger charge is -2.27. The maximum atomic E-state index is 12.6. The summed E-state index contributed by atoms with van der Waals surface area (Å²) < 4.78 is 0. The number of unbranched alkanes of at least 4 members (excludes halogenated alkanes) is 32. The summed E-state index contributed by atoms with van der Waals surface area (Å²) in [6.07, 6.45) is 63.1. The van der Waals surface area contributed by atoms with Gasteiger partial charge in [-0.2, -0.15) is 0 Å². The Bertz CT molecular complexity index is 1020. The third-order valence-electron chi connectivity index (χ3n) is 12.5. The van der Waals surface area contributed by atoms with Gasteiger partial charge in [0.2, 0.25) is 5.91 Å². The van der Waals surface area contributed by atoms with Crippen molar-refractivity contribution in [2.75, 3.05) is 6.61 Å². The molecule has 0 spiro atoms. The van der Waals surface area contributed by atoms with E-state index in [4.69, 9.17) is 0 Å². The van der Waals surface area contributed by atoms with Gasteiger partial charge in [-0.15, -0.1) is 0 Å². The summed E-state index contributed by atoms with van der Waals surface area (Å²) in [5.41, 5.74) is 0. The molecular weight excluding hydrogens is 767 g/mol. The first-order valence-electron chi connectivity index (χ1n) is 27.0. The lowest BCUT2D eigenvalue weighted by Crippen LogP contribution is -2.53. The van der Waals surface area contributed by atoms with Crippen molar-refractivity contribution in [1.29, 1.82) is 0 Å². The molecular formula is C56H105NO5. The second kappa shape index (κ2) is 50.3. The van der Waals surface area contributed by atoms with Crippen LogP contribution in [0.1, 0.15) is 271 Å². The fourth-order valence-electron chi connectivity index (χ4n) is 8.20. The van der Waals surface area contributed by atoms with Gasteiger partial charge in [0.1, 0.15) is 12.2 Å². The molecule has 6 nitrogen and oxygen atoms in total. The van der Waals surface area contributed by atoms with Crippen molar-refractivity contribution in [3.05, 3.63) is 48.6 Å². The molecule has 0 saturated carbocycles. The molecule has 0 bridgehead atoms. The van der Waals surface area contributed by atoms with Gasteiger partial charge in [0.05, 0.1) is 18.8 Å². The van der Waals surface area contributed by atoms with Crippen molar-refractivity contribution < 1.29 is 25.2 Å². The van der Waals surface area contributed by atoms with Crippen LogP contribution in [0.15, 0.2) is 48.6 Å². The SMILES string of the molecule is CCCCCCCCCC/C=C/CC/C=C/CC/C=C/CCCC(O)C(O)C(CO)NC(=O)C(O)CCCCCCCCCCC/C=C\CCCCCCCCCCCCCC. The molecule has 0 heterocycles. The number of carbonyl (C=O) groups is 1. The number of hydrogen-bond acceptors (Lipinski definition) is 5. The van der Waals surface area contributed by atoms with E-state index in [2.05, 4.69) is 67.8 Å². The van der Waals surface area contributed by atoms with Crippen molar-refractivity contribution in [2.45, 2.75) is 295 Å². The zero-order chi connectivity index (χ0) is 45.2. The van der Waals surface area contributed by atoms with Gasteiger partial charge in [0.15, 0.2) is 0 Å². The van der Waals surface area contributed by atoms with E-state index in [1.54, 1.807) is 0 Å². The minimum atomic E-state index is -1.30. The fraction of sp³-hybridized carbons (Fsp3) is 0.839. The van der Waals surface area contributed by atoms with Crippen molar-refractivity contribution in [2.24, 2.45) is 0 Å². The Morgan fingerprint density at radius 2 is 0.677 bits per heavy atom. The highest BCUT2D eigenvalue weighted by atomic mass is 16.3. The topological polar surface area (TPSA) is 110 Å². The van der Waals surface area contributed by atoms with E-state index in [-0.39, 0.29) is 0 Å². The number of aliphatic hydroxyl groups is 4. The van der Waals surface area contributed by atoms with Crippen molar-refractivity contribution in [3.8, 4) is 0 Å². The van der Waals surface area contributed by atoms with Crippen molar-refractivity contribution in [1.82, 2.24) is 5.32 Å². The number of carbonyl (C=O) groups excluding carboxylic acids is 1. The van der Waals surface area contributed by atoms with Gasteiger partial charge in [-0.1, -0.05) is 229 Å². The first kappa shape index (κ1) is 60.3. The van der Waals surface area contributed by atoms with Crippen LogP contribution in [0.5, 0.6) is 0 Å². The molecule has 0 aliphatic rings. The van der Waals surface area contributed by atoms with Gasteiger partial charge in [-0.3, -0.25) is 4.79 Å². The monoisotopic (exact) mass is 872 g/mol. The predicted molar refractivity (Wildman–Crippen MR) is 270 cm³/mol. The normalized spacial score (nSPS) is 14.2. The second-order valence-electron chi connectivity index (χ2n) is 18.5. The molecule has 0 rings (SSSR count). The highest BCUT2D eigenvalue weighted by Gasteiger charge is 2.28. The summed E-state index contributed by atoms with van der Waals surface area (Å²) >= 11 is 0. The predicted octanol–water partition coefficient (Wildman–Crippen LogP) is 15.4. The van der Waals surface area contributed by atoms with Crippen LogP contribution in [0.2, 0.25) is 0 Å². The third kappa shape index (κ3) is 43.5. The Kier molecular flexibility index (Phi) is 48.9. The molecule has 0 aliphatic carbocycles. The molecule has 4 unspecified atom stereocenters. The van der Waals surface area contributed by atoms with E-state index in [1.165, 1.54) is 186 Å². The summed E-state index contributed by atoms with van der Waals surface area (Å²) in [6, 6.07) is -1.01. The Morgan fingerprint density at radius 3 is 1.02 bits per heavy atom. The molecule has 5 N–H and O–H groups in total. The maximum Gasteiger partial charge on any atom is 0.249 e. The third-order valence-corrected chi connectivity index (χ3v) is 12.5. The Labute approximate surface area is 385 Å². The van der Waals surface area contributed by atoms with E-state index >= 15 is 0 Å². The van der Waals surface area contributed by atoms with Crippen LogP contribution in [-0.4, -0.2) is 57.3 Å². The van der Waals surface area contributed by atoms with Crippen LogP contribution in [0, 0.1) is 0 Å². The van der Waals surface area contributed by atoms with Crippen LogP contribution in [0.4, 0.5) is 0 Å². The first-order valence-corrected chi connectivity index (χ1v) is 27.0. The van der Waals surface area contributed by atoms with Gasteiger partial charge in [0.25, 0.3) is 0 Å². The summed E-state index contributed by atoms with van der Waals surface area (Å²) in [5.74, 6) is -0.600. The molecule has 0 aliphatic heterocycles. The van der Waals surface area contributed by atoms with Crippen LogP contribution in [-0.2, 0) is 4.79 Å². The van der Waals surface area contributed by atoms with E-state index in [9.17, 15) is 25.2 Å². The molecule has 4 atom stereocenters. The molecule has 0 saturated heterocycles. The van der Waals surface area contributed by atoms with E-state index < -0.39 is 36.9 Å². The Morgan fingerprint density at radius 1 is 0.387 bits per heavy atom. The number of amides is 1. The molecule has 0 aromatic heterocycles. The average molecular weight is 872 g/mol. The van der Waals surface area contributed by atoms with Crippen LogP contribution >= 0.6 is 0 Å². The van der Waals surface area contributed by atoms with Gasteiger partial charge in [0, 0.05) is 0 Å². The highest BCUT2D eigenvalue weighted by Crippen LogP contribution is 2.16. The molecule has 364 valence electrons. The van der Waals surface area contributed by atoms with Crippen LogP contribution in [0.3, 0.4) is 0 Å². The number of hydrogen-bond donors (Lipinski definition) is 5. The molecule has 0 fully saturated rings. The van der Waals surface area contributed by atoms with E-state index in [0.717, 1.165) is 51.4 Å².